The highest BCUT2D eigenvalue weighted by atomic mass is 15.5. The minimum Gasteiger partial charge on any atom is -0.257 e. The molecule has 2 heteroatoms. The van der Waals surface area contributed by atoms with Crippen LogP contribution in [0.4, 0.5) is 5.69 Å². The summed E-state index contributed by atoms with van der Waals surface area (Å²) in [7, 11) is 0. The van der Waals surface area contributed by atoms with Gasteiger partial charge in [0.15, 0.2) is 0 Å². The molecule has 1 unspecified atom stereocenters. The van der Waals surface area contributed by atoms with Crippen LogP contribution in [0.2, 0.25) is 0 Å². The van der Waals surface area contributed by atoms with Crippen molar-refractivity contribution in [2.75, 3.05) is 5.01 Å². The van der Waals surface area contributed by atoms with Crippen LogP contribution >= 0.6 is 0 Å². The molecule has 1 atom stereocenters. The first-order valence-corrected chi connectivity index (χ1v) is 16.9. The first kappa shape index (κ1) is 34.7. The molecule has 242 valence electrons. The molecule has 0 aromatic heterocycles. The Morgan fingerprint density at radius 3 is 1.31 bits per heavy atom. The average molecular weight is 605 g/mol. The maximum Gasteiger partial charge on any atom is 0.0831 e. The van der Waals surface area contributed by atoms with Gasteiger partial charge in [-0.3, -0.25) is 5.01 Å². The second-order valence-electron chi connectivity index (χ2n) is 18.5. The predicted molar refractivity (Wildman–Crippen MR) is 199 cm³/mol. The van der Waals surface area contributed by atoms with Crippen LogP contribution in [0.3, 0.4) is 0 Å². The molecule has 0 bridgehead atoms. The molecule has 0 radical (unpaired) electrons. The summed E-state index contributed by atoms with van der Waals surface area (Å²) >= 11 is 0. The van der Waals surface area contributed by atoms with E-state index in [-0.39, 0.29) is 33.1 Å². The molecule has 0 spiro atoms. The fraction of sp³-hybridized carbons (Fsp3) is 0.512. The second kappa shape index (κ2) is 11.9. The maximum absolute atomic E-state index is 5.31. The van der Waals surface area contributed by atoms with Crippen molar-refractivity contribution in [3.63, 3.8) is 0 Å². The van der Waals surface area contributed by atoms with Crippen molar-refractivity contribution in [3.8, 4) is 0 Å². The fourth-order valence-corrected chi connectivity index (χ4v) is 5.76. The highest BCUT2D eigenvalue weighted by Crippen LogP contribution is 2.40. The summed E-state index contributed by atoms with van der Waals surface area (Å²) in [6.07, 6.45) is 5.39. The lowest BCUT2D eigenvalue weighted by Crippen LogP contribution is -2.22. The molecule has 1 aliphatic rings. The smallest absolute Gasteiger partial charge is 0.0831 e. The quantitative estimate of drug-likeness (QED) is 0.289. The van der Waals surface area contributed by atoms with Gasteiger partial charge in [0.05, 0.1) is 17.4 Å². The van der Waals surface area contributed by atoms with Crippen molar-refractivity contribution in [2.45, 2.75) is 143 Å². The molecule has 3 aromatic carbocycles. The summed E-state index contributed by atoms with van der Waals surface area (Å²) in [4.78, 5) is 0. The Morgan fingerprint density at radius 1 is 0.511 bits per heavy atom. The van der Waals surface area contributed by atoms with Crippen LogP contribution in [0.25, 0.3) is 6.08 Å². The fourth-order valence-electron chi connectivity index (χ4n) is 5.76. The molecular formula is C43H60N2. The van der Waals surface area contributed by atoms with Crippen LogP contribution in [0, 0.1) is 0 Å². The Labute approximate surface area is 276 Å². The van der Waals surface area contributed by atoms with E-state index in [1.54, 1.807) is 0 Å². The number of rotatable bonds is 4. The first-order valence-electron chi connectivity index (χ1n) is 16.9. The molecule has 0 saturated heterocycles. The lowest BCUT2D eigenvalue weighted by molar-refractivity contribution is 0.563. The van der Waals surface area contributed by atoms with Crippen molar-refractivity contribution in [3.05, 3.63) is 106 Å². The van der Waals surface area contributed by atoms with Gasteiger partial charge in [0.1, 0.15) is 0 Å². The van der Waals surface area contributed by atoms with Crippen LogP contribution in [-0.4, -0.2) is 5.71 Å². The lowest BCUT2D eigenvalue weighted by Gasteiger charge is -2.30. The largest absolute Gasteiger partial charge is 0.257 e. The second-order valence-corrected chi connectivity index (χ2v) is 18.5. The van der Waals surface area contributed by atoms with Gasteiger partial charge in [-0.1, -0.05) is 158 Å². The van der Waals surface area contributed by atoms with Gasteiger partial charge in [-0.15, -0.1) is 0 Å². The monoisotopic (exact) mass is 604 g/mol. The highest BCUT2D eigenvalue weighted by molar-refractivity contribution is 6.01. The number of nitrogens with zero attached hydrogens (tertiary/aromatic N) is 2. The third-order valence-corrected chi connectivity index (χ3v) is 9.16. The summed E-state index contributed by atoms with van der Waals surface area (Å²) in [5, 5.41) is 7.58. The van der Waals surface area contributed by atoms with Gasteiger partial charge < -0.3 is 0 Å². The van der Waals surface area contributed by atoms with Crippen molar-refractivity contribution >= 4 is 17.5 Å². The minimum atomic E-state index is 0.0558. The van der Waals surface area contributed by atoms with Gasteiger partial charge in [-0.2, -0.15) is 5.10 Å². The summed E-state index contributed by atoms with van der Waals surface area (Å²) < 4.78 is 0. The van der Waals surface area contributed by atoms with E-state index < -0.39 is 0 Å². The molecule has 1 heterocycles. The Kier molecular flexibility index (Phi) is 9.19. The molecule has 45 heavy (non-hydrogen) atoms. The van der Waals surface area contributed by atoms with E-state index in [1.165, 1.54) is 38.9 Å². The van der Waals surface area contributed by atoms with Crippen molar-refractivity contribution in [1.29, 1.82) is 0 Å². The van der Waals surface area contributed by atoms with E-state index in [4.69, 9.17) is 5.10 Å². The van der Waals surface area contributed by atoms with Crippen molar-refractivity contribution in [2.24, 2.45) is 5.10 Å². The van der Waals surface area contributed by atoms with Crippen LogP contribution in [-0.2, 0) is 27.1 Å². The van der Waals surface area contributed by atoms with Crippen LogP contribution in [0.1, 0.15) is 155 Å². The van der Waals surface area contributed by atoms with Crippen molar-refractivity contribution < 1.29 is 0 Å². The van der Waals surface area contributed by atoms with Gasteiger partial charge in [0, 0.05) is 6.42 Å². The SMILES string of the molecule is CC(C)(C)c1ccc(N2N=C(C=Cc3cc(C(C)(C)C)cc(C(C)(C)C)c3)CC2c2cc(C(C)(C)C)cc(C(C)(C)C)c2)cc1. The summed E-state index contributed by atoms with van der Waals surface area (Å²) in [5.41, 5.74) is 12.0. The Bertz CT molecular complexity index is 1500. The molecule has 1 aliphatic heterocycles. The van der Waals surface area contributed by atoms with E-state index in [9.17, 15) is 0 Å². The zero-order valence-corrected chi connectivity index (χ0v) is 31.1. The summed E-state index contributed by atoms with van der Waals surface area (Å²) in [6.45, 7) is 34.5. The number of hydrogen-bond donors (Lipinski definition) is 0. The highest BCUT2D eigenvalue weighted by Gasteiger charge is 2.31. The molecule has 0 N–H and O–H groups in total. The number of allylic oxidation sites excluding steroid dienone is 1. The van der Waals surface area contributed by atoms with E-state index in [0.717, 1.165) is 17.8 Å². The topological polar surface area (TPSA) is 15.6 Å². The average Bonchev–Trinajstić information content (AvgIpc) is 3.33. The molecule has 4 rings (SSSR count). The molecular weight excluding hydrogens is 544 g/mol. The van der Waals surface area contributed by atoms with Crippen LogP contribution in [0.15, 0.2) is 71.8 Å². The van der Waals surface area contributed by atoms with Gasteiger partial charge in [0.2, 0.25) is 0 Å². The van der Waals surface area contributed by atoms with E-state index in [1.807, 2.05) is 0 Å². The molecule has 0 aliphatic carbocycles. The van der Waals surface area contributed by atoms with E-state index >= 15 is 0 Å². The van der Waals surface area contributed by atoms with Crippen LogP contribution in [0.5, 0.6) is 0 Å². The third kappa shape index (κ3) is 8.37. The molecule has 2 nitrogen and oxygen atoms in total. The predicted octanol–water partition coefficient (Wildman–Crippen LogP) is 12.2. The van der Waals surface area contributed by atoms with Crippen LogP contribution < -0.4 is 5.01 Å². The van der Waals surface area contributed by atoms with E-state index in [0.29, 0.717) is 0 Å². The maximum atomic E-state index is 5.31. The van der Waals surface area contributed by atoms with Gasteiger partial charge in [-0.05, 0) is 84.2 Å². The number of hydrogen-bond acceptors (Lipinski definition) is 2. The Hall–Kier alpha value is -3.13. The molecule has 0 fully saturated rings. The number of hydrazone groups is 1. The van der Waals surface area contributed by atoms with E-state index in [2.05, 4.69) is 182 Å². The van der Waals surface area contributed by atoms with Gasteiger partial charge >= 0.3 is 0 Å². The van der Waals surface area contributed by atoms with Gasteiger partial charge in [-0.25, -0.2) is 0 Å². The molecule has 0 saturated carbocycles. The zero-order valence-electron chi connectivity index (χ0n) is 31.1. The standard InChI is InChI=1S/C43H60N2/c1-39(2,3)31-17-20-37(21-18-31)45-38(30-24-34(42(10,11)12)27-35(25-30)43(13,14)15)28-36(44-45)19-16-29-22-32(40(4,5)6)26-33(23-29)41(7,8)9/h16-27,38H,28H2,1-15H3. The normalized spacial score (nSPS) is 16.9. The van der Waals surface area contributed by atoms with Gasteiger partial charge in [0.25, 0.3) is 0 Å². The zero-order chi connectivity index (χ0) is 33.8. The Balaban J connectivity index is 1.82. The molecule has 3 aromatic rings. The lowest BCUT2D eigenvalue weighted by atomic mass is 9.78. The number of anilines is 1. The minimum absolute atomic E-state index is 0.0558. The number of benzene rings is 3. The summed E-state index contributed by atoms with van der Waals surface area (Å²) in [6, 6.07) is 23.5. The first-order chi connectivity index (χ1) is 20.4. The summed E-state index contributed by atoms with van der Waals surface area (Å²) in [5.74, 6) is 0. The molecule has 0 amide bonds. The third-order valence-electron chi connectivity index (χ3n) is 9.16. The van der Waals surface area contributed by atoms with Crippen molar-refractivity contribution in [1.82, 2.24) is 0 Å². The Morgan fingerprint density at radius 2 is 0.911 bits per heavy atom.